The summed E-state index contributed by atoms with van der Waals surface area (Å²) in [4.78, 5) is 29.2. The summed E-state index contributed by atoms with van der Waals surface area (Å²) < 4.78 is 6.72. The predicted molar refractivity (Wildman–Crippen MR) is 78.4 cm³/mol. The second-order valence-electron chi connectivity index (χ2n) is 4.63. The van der Waals surface area contributed by atoms with Gasteiger partial charge in [0.05, 0.1) is 20.4 Å². The molecule has 0 atom stereocenters. The van der Waals surface area contributed by atoms with Crippen LogP contribution in [0.4, 0.5) is 0 Å². The predicted octanol–water partition coefficient (Wildman–Crippen LogP) is 0.716. The van der Waals surface area contributed by atoms with Crippen LogP contribution in [0.25, 0.3) is 22.2 Å². The van der Waals surface area contributed by atoms with Gasteiger partial charge in [0.1, 0.15) is 11.1 Å². The van der Waals surface area contributed by atoms with Gasteiger partial charge in [-0.2, -0.15) is 4.57 Å². The molecule has 1 aromatic carbocycles. The van der Waals surface area contributed by atoms with Crippen LogP contribution in [-0.4, -0.2) is 16.7 Å². The van der Waals surface area contributed by atoms with Crippen molar-refractivity contribution in [3.05, 3.63) is 57.4 Å². The van der Waals surface area contributed by atoms with Gasteiger partial charge < -0.3 is 4.74 Å². The number of para-hydroxylation sites is 1. The van der Waals surface area contributed by atoms with E-state index in [1.54, 1.807) is 26.4 Å². The Morgan fingerprint density at radius 1 is 1.14 bits per heavy atom. The Kier molecular flexibility index (Phi) is 3.06. The van der Waals surface area contributed by atoms with E-state index in [0.29, 0.717) is 22.3 Å². The first-order valence-electron chi connectivity index (χ1n) is 6.40. The average molecular weight is 284 g/mol. The zero-order chi connectivity index (χ0) is 15.0. The fraction of sp³-hybridized carbons (Fsp3) is 0.133. The Hall–Kier alpha value is -2.89. The number of nitrogens with zero attached hydrogens (tertiary/aromatic N) is 1. The molecule has 0 saturated carbocycles. The molecule has 106 valence electrons. The van der Waals surface area contributed by atoms with E-state index in [2.05, 4.69) is 9.97 Å². The number of rotatable bonds is 2. The third-order valence-electron chi connectivity index (χ3n) is 3.46. The lowest BCUT2D eigenvalue weighted by Crippen LogP contribution is -2.32. The third-order valence-corrected chi connectivity index (χ3v) is 3.46. The van der Waals surface area contributed by atoms with Crippen molar-refractivity contribution in [2.45, 2.75) is 0 Å². The molecule has 0 spiro atoms. The number of nitrogens with one attached hydrogen (secondary N) is 2. The van der Waals surface area contributed by atoms with Gasteiger partial charge in [0.2, 0.25) is 0 Å². The Morgan fingerprint density at radius 2 is 1.90 bits per heavy atom. The molecule has 0 fully saturated rings. The van der Waals surface area contributed by atoms with Crippen LogP contribution in [0, 0.1) is 0 Å². The molecule has 0 radical (unpaired) electrons. The maximum atomic E-state index is 12.2. The minimum Gasteiger partial charge on any atom is -0.496 e. The van der Waals surface area contributed by atoms with Crippen LogP contribution in [0.2, 0.25) is 0 Å². The van der Waals surface area contributed by atoms with E-state index in [9.17, 15) is 9.59 Å². The lowest BCUT2D eigenvalue weighted by molar-refractivity contribution is -0.349. The molecule has 3 aromatic rings. The van der Waals surface area contributed by atoms with Crippen molar-refractivity contribution in [3.63, 3.8) is 0 Å². The lowest BCUT2D eigenvalue weighted by atomic mass is 10.0. The van der Waals surface area contributed by atoms with Crippen molar-refractivity contribution >= 4 is 11.0 Å². The number of methoxy groups -OCH3 is 1. The topological polar surface area (TPSA) is 78.2 Å². The van der Waals surface area contributed by atoms with Crippen LogP contribution in [-0.2, 0) is 7.05 Å². The lowest BCUT2D eigenvalue weighted by Gasteiger charge is -2.09. The van der Waals surface area contributed by atoms with E-state index in [1.165, 1.54) is 4.57 Å². The van der Waals surface area contributed by atoms with Gasteiger partial charge in [0.25, 0.3) is 11.2 Å². The van der Waals surface area contributed by atoms with E-state index in [-0.39, 0.29) is 0 Å². The molecule has 6 heteroatoms. The first-order chi connectivity index (χ1) is 10.1. The summed E-state index contributed by atoms with van der Waals surface area (Å²) in [6.07, 6.45) is 1.70. The molecule has 0 amide bonds. The minimum atomic E-state index is -0.457. The van der Waals surface area contributed by atoms with Crippen molar-refractivity contribution < 1.29 is 9.72 Å². The van der Waals surface area contributed by atoms with E-state index < -0.39 is 11.2 Å². The highest BCUT2D eigenvalue weighted by molar-refractivity contribution is 5.92. The largest absolute Gasteiger partial charge is 0.496 e. The van der Waals surface area contributed by atoms with Gasteiger partial charge in [0.15, 0.2) is 0 Å². The summed E-state index contributed by atoms with van der Waals surface area (Å²) in [7, 11) is 3.18. The number of pyridine rings is 1. The van der Waals surface area contributed by atoms with Crippen molar-refractivity contribution in [1.82, 2.24) is 9.55 Å². The van der Waals surface area contributed by atoms with E-state index >= 15 is 0 Å². The van der Waals surface area contributed by atoms with Gasteiger partial charge in [0, 0.05) is 11.1 Å². The fourth-order valence-electron chi connectivity index (χ4n) is 2.42. The maximum absolute atomic E-state index is 12.2. The number of hydrogen-bond acceptors (Lipinski definition) is 3. The molecule has 2 heterocycles. The van der Waals surface area contributed by atoms with Gasteiger partial charge in [-0.25, -0.2) is 9.78 Å². The van der Waals surface area contributed by atoms with Gasteiger partial charge >= 0.3 is 5.69 Å². The number of aryl methyl sites for hydroxylation is 1. The maximum Gasteiger partial charge on any atom is 0.415 e. The quantitative estimate of drug-likeness (QED) is 0.753. The van der Waals surface area contributed by atoms with Crippen LogP contribution in [0.15, 0.2) is 46.1 Å². The monoisotopic (exact) mass is 284 g/mol. The normalized spacial score (nSPS) is 10.8. The number of benzene rings is 1. The Bertz CT molecular complexity index is 941. The summed E-state index contributed by atoms with van der Waals surface area (Å²) in [5.41, 5.74) is 1.08. The summed E-state index contributed by atoms with van der Waals surface area (Å²) in [6, 6.07) is 9.22. The highest BCUT2D eigenvalue weighted by Gasteiger charge is 2.18. The van der Waals surface area contributed by atoms with Crippen molar-refractivity contribution in [2.24, 2.45) is 7.05 Å². The van der Waals surface area contributed by atoms with Crippen molar-refractivity contribution in [2.75, 3.05) is 7.11 Å². The number of aromatic nitrogens is 3. The van der Waals surface area contributed by atoms with Gasteiger partial charge in [-0.15, -0.1) is 0 Å². The molecule has 21 heavy (non-hydrogen) atoms. The molecular weight excluding hydrogens is 270 g/mol. The zero-order valence-electron chi connectivity index (χ0n) is 11.6. The molecule has 2 N–H and O–H groups in total. The van der Waals surface area contributed by atoms with Crippen LogP contribution in [0.3, 0.4) is 0 Å². The first kappa shape index (κ1) is 13.1. The summed E-state index contributed by atoms with van der Waals surface area (Å²) in [5, 5.41) is 0.420. The average Bonchev–Trinajstić information content (AvgIpc) is 2.52. The molecule has 0 aliphatic rings. The second-order valence-corrected chi connectivity index (χ2v) is 4.63. The standard InChI is InChI=1S/C15H13N3O3/c1-18-13-12(14(19)17-15(18)20)10(7-8-16-13)9-5-3-4-6-11(9)21-2/h3-8H,1-2H3,(H,17,19,20)/p+1. The van der Waals surface area contributed by atoms with Crippen LogP contribution < -0.4 is 21.0 Å². The van der Waals surface area contributed by atoms with Gasteiger partial charge in [-0.05, 0) is 12.1 Å². The zero-order valence-corrected chi connectivity index (χ0v) is 11.6. The molecule has 6 nitrogen and oxygen atoms in total. The summed E-state index contributed by atoms with van der Waals surface area (Å²) in [5.74, 6) is 0.665. The Labute approximate surface area is 119 Å². The Morgan fingerprint density at radius 3 is 2.67 bits per heavy atom. The van der Waals surface area contributed by atoms with E-state index in [4.69, 9.17) is 4.74 Å². The van der Waals surface area contributed by atoms with Crippen LogP contribution in [0.1, 0.15) is 0 Å². The number of fused-ring (bicyclic) bond motifs is 1. The summed E-state index contributed by atoms with van der Waals surface area (Å²) in [6.45, 7) is 0. The van der Waals surface area contributed by atoms with Crippen molar-refractivity contribution in [3.8, 4) is 16.9 Å². The molecule has 0 aliphatic carbocycles. The minimum absolute atomic E-state index is 0.420. The molecule has 0 saturated heterocycles. The highest BCUT2D eigenvalue weighted by atomic mass is 16.5. The third kappa shape index (κ3) is 2.01. The van der Waals surface area contributed by atoms with Gasteiger partial charge in [-0.1, -0.05) is 18.2 Å². The fourth-order valence-corrected chi connectivity index (χ4v) is 2.42. The molecular formula is C15H14N3O3+. The molecule has 0 bridgehead atoms. The van der Waals surface area contributed by atoms with Crippen LogP contribution >= 0.6 is 0 Å². The number of hydrogen-bond donors (Lipinski definition) is 1. The smallest absolute Gasteiger partial charge is 0.415 e. The molecule has 0 aliphatic heterocycles. The van der Waals surface area contributed by atoms with Crippen LogP contribution in [0.5, 0.6) is 5.75 Å². The SMILES string of the molecule is COc1ccccc1-c1cc[nH+]c2c1c(=O)[nH]c(=O)n2C. The molecule has 3 rings (SSSR count). The highest BCUT2D eigenvalue weighted by Crippen LogP contribution is 2.31. The number of aromatic amines is 2. The van der Waals surface area contributed by atoms with E-state index in [0.717, 1.165) is 5.56 Å². The van der Waals surface area contributed by atoms with E-state index in [1.807, 2.05) is 24.3 Å². The second kappa shape index (κ2) is 4.90. The molecule has 0 unspecified atom stereocenters. The summed E-state index contributed by atoms with van der Waals surface area (Å²) >= 11 is 0. The molecule has 2 aromatic heterocycles. The van der Waals surface area contributed by atoms with Crippen molar-refractivity contribution in [1.29, 1.82) is 0 Å². The number of ether oxygens (including phenoxy) is 1. The Balaban J connectivity index is 2.48. The number of H-pyrrole nitrogens is 2. The van der Waals surface area contributed by atoms with Gasteiger partial charge in [-0.3, -0.25) is 9.78 Å². The first-order valence-corrected chi connectivity index (χ1v) is 6.40.